The van der Waals surface area contributed by atoms with E-state index in [0.29, 0.717) is 0 Å². The van der Waals surface area contributed by atoms with Gasteiger partial charge in [-0.2, -0.15) is 0 Å². The van der Waals surface area contributed by atoms with Crippen molar-refractivity contribution in [2.24, 2.45) is 5.92 Å². The van der Waals surface area contributed by atoms with Gasteiger partial charge >= 0.3 is 0 Å². The van der Waals surface area contributed by atoms with Crippen molar-refractivity contribution in [1.29, 1.82) is 0 Å². The molecule has 2 nitrogen and oxygen atoms in total. The highest BCUT2D eigenvalue weighted by atomic mass is 16.3. The highest BCUT2D eigenvalue weighted by Crippen LogP contribution is 1.81. The van der Waals surface area contributed by atoms with Crippen molar-refractivity contribution in [3.8, 4) is 0 Å². The average Bonchev–Trinajstić information content (AvgIpc) is 2.80. The molecule has 0 amide bonds. The molecule has 36 heavy (non-hydrogen) atoms. The van der Waals surface area contributed by atoms with E-state index < -0.39 is 0 Å². The molecule has 0 aromatic carbocycles. The van der Waals surface area contributed by atoms with Crippen molar-refractivity contribution in [3.63, 3.8) is 0 Å². The summed E-state index contributed by atoms with van der Waals surface area (Å²) >= 11 is 0. The van der Waals surface area contributed by atoms with Gasteiger partial charge < -0.3 is 9.90 Å². The fourth-order valence-electron chi connectivity index (χ4n) is 0. The molecule has 0 aliphatic heterocycles. The molecular formula is C30H88B4O2. The number of rotatable bonds is 0. The van der Waals surface area contributed by atoms with Crippen LogP contribution in [-0.2, 0) is 4.79 Å². The van der Waals surface area contributed by atoms with Crippen LogP contribution in [0.25, 0.3) is 0 Å². The van der Waals surface area contributed by atoms with Crippen LogP contribution in [0.5, 0.6) is 0 Å². The molecule has 0 aromatic rings. The van der Waals surface area contributed by atoms with Gasteiger partial charge in [-0.3, -0.25) is 0 Å². The normalized spacial score (nSPS) is 3.86. The smallest absolute Gasteiger partial charge is 0.116 e. The summed E-state index contributed by atoms with van der Waals surface area (Å²) in [5, 5.41) is 8.06. The van der Waals surface area contributed by atoms with Gasteiger partial charge in [-0.15, -0.1) is 0 Å². The van der Waals surface area contributed by atoms with Crippen molar-refractivity contribution < 1.29 is 9.90 Å². The maximum Gasteiger partial charge on any atom is 0.116 e. The fourth-order valence-corrected chi connectivity index (χ4v) is 0. The van der Waals surface area contributed by atoms with Gasteiger partial charge in [0, 0.05) is 39.8 Å². The van der Waals surface area contributed by atoms with E-state index in [0.717, 1.165) is 12.2 Å². The van der Waals surface area contributed by atoms with Gasteiger partial charge in [0.25, 0.3) is 0 Å². The molecule has 0 atom stereocenters. The van der Waals surface area contributed by atoms with E-state index >= 15 is 0 Å². The Morgan fingerprint density at radius 2 is 0.417 bits per heavy atom. The molecule has 0 saturated carbocycles. The molecule has 1 N–H and O–H groups in total. The Balaban J connectivity index is -0.00000000513. The summed E-state index contributed by atoms with van der Waals surface area (Å²) in [6, 6.07) is 0. The maximum atomic E-state index is 8.81. The fraction of sp³-hybridized carbons (Fsp3) is 0.967. The van der Waals surface area contributed by atoms with E-state index in [2.05, 4.69) is 20.8 Å². The van der Waals surface area contributed by atoms with Crippen LogP contribution in [0, 0.1) is 5.92 Å². The molecule has 0 aliphatic carbocycles. The highest BCUT2D eigenvalue weighted by Gasteiger charge is 1.69. The first-order valence-corrected chi connectivity index (χ1v) is 13.0. The third-order valence-electron chi connectivity index (χ3n) is 0. The Morgan fingerprint density at radius 1 is 0.417 bits per heavy atom. The van der Waals surface area contributed by atoms with E-state index in [1.54, 1.807) is 13.8 Å². The van der Waals surface area contributed by atoms with Crippen LogP contribution in [-0.4, -0.2) is 51.1 Å². The van der Waals surface area contributed by atoms with E-state index in [1.165, 1.54) is 6.92 Å². The van der Waals surface area contributed by atoms with Crippen molar-refractivity contribution in [2.75, 3.05) is 0 Å². The Labute approximate surface area is 250 Å². The molecule has 12 radical (unpaired) electrons. The second-order valence-electron chi connectivity index (χ2n) is 3.06. The summed E-state index contributed by atoms with van der Waals surface area (Å²) in [4.78, 5) is 8.81. The molecule has 0 aromatic heterocycles. The first-order chi connectivity index (χ1) is 13.9. The van der Waals surface area contributed by atoms with Crippen molar-refractivity contribution in [2.45, 2.75) is 195 Å². The van der Waals surface area contributed by atoms with Gasteiger partial charge in [0.05, 0.1) is 0 Å². The Hall–Kier alpha value is -0.110. The molecule has 6 heteroatoms. The number of hydrogen-bond donors (Lipinski definition) is 1. The lowest BCUT2D eigenvalue weighted by molar-refractivity contribution is -0.106. The van der Waals surface area contributed by atoms with Crippen molar-refractivity contribution >= 4 is 39.9 Å². The van der Waals surface area contributed by atoms with E-state index in [1.807, 2.05) is 125 Å². The monoisotopic (exact) mass is 525 g/mol. The Morgan fingerprint density at radius 3 is 0.417 bits per heavy atom. The molecule has 0 spiro atoms. The molecule has 0 heterocycles. The summed E-state index contributed by atoms with van der Waals surface area (Å²) in [5.41, 5.74) is 0. The summed E-state index contributed by atoms with van der Waals surface area (Å²) in [7, 11) is 0. The predicted molar refractivity (Wildman–Crippen MR) is 195 cm³/mol. The maximum absolute atomic E-state index is 8.81. The summed E-state index contributed by atoms with van der Waals surface area (Å²) in [5.74, 6) is 0.833. The van der Waals surface area contributed by atoms with Crippen LogP contribution in [0.1, 0.15) is 188 Å². The van der Waals surface area contributed by atoms with Gasteiger partial charge in [0.1, 0.15) is 6.29 Å². The zero-order chi connectivity index (χ0) is 27.9. The van der Waals surface area contributed by atoms with Gasteiger partial charge in [0.15, 0.2) is 0 Å². The van der Waals surface area contributed by atoms with Gasteiger partial charge in [-0.1, -0.05) is 168 Å². The number of carbonyl (C=O) groups excluding carboxylic acids is 1. The zero-order valence-electron chi connectivity index (χ0n) is 28.9. The third-order valence-corrected chi connectivity index (χ3v) is 0. The van der Waals surface area contributed by atoms with E-state index in [4.69, 9.17) is 9.90 Å². The number of hydrogen-bond acceptors (Lipinski definition) is 2. The number of carbonyl (C=O) groups is 1. The number of aliphatic hydroxyl groups excluding tert-OH is 1. The topological polar surface area (TPSA) is 37.3 Å². The Bertz CT molecular complexity index is 68.5. The van der Waals surface area contributed by atoms with Crippen LogP contribution < -0.4 is 0 Å². The van der Waals surface area contributed by atoms with E-state index in [9.17, 15) is 0 Å². The quantitative estimate of drug-likeness (QED) is 0.253. The van der Waals surface area contributed by atoms with Gasteiger partial charge in [-0.25, -0.2) is 0 Å². The largest absolute Gasteiger partial charge is 0.394 e. The second-order valence-corrected chi connectivity index (χ2v) is 3.06. The van der Waals surface area contributed by atoms with Crippen LogP contribution in [0.15, 0.2) is 0 Å². The predicted octanol–water partition coefficient (Wildman–Crippen LogP) is 11.9. The molecule has 0 saturated heterocycles. The first-order valence-electron chi connectivity index (χ1n) is 13.0. The molecular weight excluding hydrogens is 436 g/mol. The molecule has 0 unspecified atom stereocenters. The zero-order valence-corrected chi connectivity index (χ0v) is 28.9. The second kappa shape index (κ2) is 844. The minimum atomic E-state index is -0.167. The lowest BCUT2D eigenvalue weighted by atomic mass is 10.3. The average molecular weight is 524 g/mol. The SMILES string of the molecule is C.C.C.CC.CC.CC.CC.CC.CC.CC.CC.CC.CC(C)C.CC(C)O.CC=O.[B].[B].[B].[B]. The summed E-state index contributed by atoms with van der Waals surface area (Å²) < 4.78 is 0. The minimum Gasteiger partial charge on any atom is -0.394 e. The van der Waals surface area contributed by atoms with E-state index in [-0.39, 0.29) is 62.0 Å². The number of aliphatic hydroxyl groups is 1. The first kappa shape index (κ1) is 153. The van der Waals surface area contributed by atoms with Crippen LogP contribution in [0.2, 0.25) is 0 Å². The minimum absolute atomic E-state index is 0. The molecule has 0 bridgehead atoms. The Kier molecular flexibility index (Phi) is 3590. The van der Waals surface area contributed by atoms with Crippen molar-refractivity contribution in [1.82, 2.24) is 0 Å². The van der Waals surface area contributed by atoms with Crippen molar-refractivity contribution in [3.05, 3.63) is 0 Å². The molecule has 232 valence electrons. The highest BCUT2D eigenvalue weighted by molar-refractivity contribution is 5.76. The standard InChI is InChI=1S/C4H10.C3H8O.C2H4O.9C2H6.3CH4.4B/c1-4(2)3;1-3(2)4;1-2-3;9*1-2;;;;;;;/h4H,1-3H3;3-4H,1-2H3;2H,1H3;9*1-2H3;3*1H4;;;;. The summed E-state index contributed by atoms with van der Waals surface area (Å²) in [6.45, 7) is 47.4. The molecule has 0 aliphatic rings. The lowest BCUT2D eigenvalue weighted by Crippen LogP contribution is -1.85. The summed E-state index contributed by atoms with van der Waals surface area (Å²) in [6.07, 6.45) is 0.583. The molecule has 0 rings (SSSR count). The van der Waals surface area contributed by atoms with Gasteiger partial charge in [0.2, 0.25) is 0 Å². The lowest BCUT2D eigenvalue weighted by Gasteiger charge is -1.80. The van der Waals surface area contributed by atoms with Crippen LogP contribution in [0.4, 0.5) is 0 Å². The van der Waals surface area contributed by atoms with Crippen LogP contribution >= 0.6 is 0 Å². The van der Waals surface area contributed by atoms with Crippen LogP contribution in [0.3, 0.4) is 0 Å². The third kappa shape index (κ3) is 3020000. The molecule has 0 fully saturated rings. The number of aldehydes is 1. The van der Waals surface area contributed by atoms with Gasteiger partial charge in [-0.05, 0) is 26.7 Å².